The van der Waals surface area contributed by atoms with Gasteiger partial charge < -0.3 is 14.2 Å². The van der Waals surface area contributed by atoms with E-state index in [9.17, 15) is 8.42 Å². The zero-order valence-corrected chi connectivity index (χ0v) is 16.0. The molecule has 0 bridgehead atoms. The van der Waals surface area contributed by atoms with Crippen LogP contribution in [0.3, 0.4) is 0 Å². The summed E-state index contributed by atoms with van der Waals surface area (Å²) >= 11 is 0. The zero-order chi connectivity index (χ0) is 18.7. The van der Waals surface area contributed by atoms with Gasteiger partial charge >= 0.3 is 0 Å². The molecule has 0 aromatic heterocycles. The van der Waals surface area contributed by atoms with E-state index in [-0.39, 0.29) is 11.4 Å². The molecule has 2 aromatic rings. The Hall–Kier alpha value is -2.25. The van der Waals surface area contributed by atoms with E-state index in [1.807, 2.05) is 25.1 Å². The standard InChI is InChI=1S/C19H23NO5S/c1-4-15-12-16(6-8-17(15)23-3)26(21,22)20(2)13-14-5-7-18-19(11-14)25-10-9-24-18/h5-8,11-12H,4,9-10,13H2,1-3H3. The molecule has 140 valence electrons. The molecule has 0 saturated heterocycles. The Morgan fingerprint density at radius 2 is 1.81 bits per heavy atom. The Bertz CT molecular complexity index is 895. The number of aryl methyl sites for hydroxylation is 1. The van der Waals surface area contributed by atoms with E-state index in [1.165, 1.54) is 4.31 Å². The molecule has 0 amide bonds. The highest BCUT2D eigenvalue weighted by atomic mass is 32.2. The first kappa shape index (κ1) is 18.5. The van der Waals surface area contributed by atoms with E-state index in [4.69, 9.17) is 14.2 Å². The minimum atomic E-state index is -3.61. The largest absolute Gasteiger partial charge is 0.496 e. The summed E-state index contributed by atoms with van der Waals surface area (Å²) in [4.78, 5) is 0.259. The molecule has 0 radical (unpaired) electrons. The third-order valence-electron chi connectivity index (χ3n) is 4.35. The van der Waals surface area contributed by atoms with Crippen molar-refractivity contribution in [1.29, 1.82) is 0 Å². The number of ether oxygens (including phenoxy) is 3. The molecule has 3 rings (SSSR count). The Morgan fingerprint density at radius 3 is 2.50 bits per heavy atom. The van der Waals surface area contributed by atoms with Gasteiger partial charge in [0.15, 0.2) is 11.5 Å². The Morgan fingerprint density at radius 1 is 1.08 bits per heavy atom. The Labute approximate surface area is 154 Å². The number of nitrogens with zero attached hydrogens (tertiary/aromatic N) is 1. The lowest BCUT2D eigenvalue weighted by Gasteiger charge is -2.21. The topological polar surface area (TPSA) is 65.1 Å². The summed E-state index contributed by atoms with van der Waals surface area (Å²) in [5, 5.41) is 0. The van der Waals surface area contributed by atoms with Crippen LogP contribution in [0.25, 0.3) is 0 Å². The van der Waals surface area contributed by atoms with Crippen molar-refractivity contribution >= 4 is 10.0 Å². The molecule has 0 spiro atoms. The highest BCUT2D eigenvalue weighted by Gasteiger charge is 2.23. The lowest BCUT2D eigenvalue weighted by atomic mass is 10.1. The second-order valence-corrected chi connectivity index (χ2v) is 8.11. The van der Waals surface area contributed by atoms with Gasteiger partial charge in [0.25, 0.3) is 0 Å². The predicted molar refractivity (Wildman–Crippen MR) is 98.5 cm³/mol. The molecule has 1 aliphatic rings. The maximum Gasteiger partial charge on any atom is 0.243 e. The molecule has 0 N–H and O–H groups in total. The average Bonchev–Trinajstić information content (AvgIpc) is 2.67. The fourth-order valence-electron chi connectivity index (χ4n) is 2.90. The summed E-state index contributed by atoms with van der Waals surface area (Å²) in [5.74, 6) is 2.03. The van der Waals surface area contributed by atoms with Crippen LogP contribution in [0, 0.1) is 0 Å². The molecule has 0 atom stereocenters. The fraction of sp³-hybridized carbons (Fsp3) is 0.368. The van der Waals surface area contributed by atoms with E-state index in [1.54, 1.807) is 32.4 Å². The molecule has 6 nitrogen and oxygen atoms in total. The fourth-order valence-corrected chi connectivity index (χ4v) is 4.11. The smallest absolute Gasteiger partial charge is 0.243 e. The van der Waals surface area contributed by atoms with Gasteiger partial charge in [0, 0.05) is 13.6 Å². The molecule has 0 fully saturated rings. The van der Waals surface area contributed by atoms with Crippen molar-refractivity contribution in [3.05, 3.63) is 47.5 Å². The van der Waals surface area contributed by atoms with Crippen molar-refractivity contribution in [3.8, 4) is 17.2 Å². The van der Waals surface area contributed by atoms with Crippen molar-refractivity contribution in [2.24, 2.45) is 0 Å². The molecule has 2 aromatic carbocycles. The maximum absolute atomic E-state index is 12.9. The van der Waals surface area contributed by atoms with Crippen molar-refractivity contribution in [2.75, 3.05) is 27.4 Å². The average molecular weight is 377 g/mol. The van der Waals surface area contributed by atoms with Crippen LogP contribution in [-0.4, -0.2) is 40.1 Å². The summed E-state index contributed by atoms with van der Waals surface area (Å²) in [6.07, 6.45) is 0.693. The van der Waals surface area contributed by atoms with Gasteiger partial charge in [-0.15, -0.1) is 0 Å². The summed E-state index contributed by atoms with van der Waals surface area (Å²) < 4.78 is 43.5. The highest BCUT2D eigenvalue weighted by Crippen LogP contribution is 2.32. The van der Waals surface area contributed by atoms with Gasteiger partial charge in [-0.05, 0) is 47.9 Å². The van der Waals surface area contributed by atoms with Gasteiger partial charge in [-0.25, -0.2) is 8.42 Å². The highest BCUT2D eigenvalue weighted by molar-refractivity contribution is 7.89. The van der Waals surface area contributed by atoms with E-state index in [0.717, 1.165) is 11.1 Å². The molecule has 7 heteroatoms. The van der Waals surface area contributed by atoms with Crippen LogP contribution in [-0.2, 0) is 23.0 Å². The van der Waals surface area contributed by atoms with Gasteiger partial charge in [-0.2, -0.15) is 4.31 Å². The molecule has 0 saturated carbocycles. The van der Waals surface area contributed by atoms with E-state index >= 15 is 0 Å². The van der Waals surface area contributed by atoms with Crippen molar-refractivity contribution in [3.63, 3.8) is 0 Å². The third-order valence-corrected chi connectivity index (χ3v) is 6.15. The first-order valence-corrected chi connectivity index (χ1v) is 9.91. The number of rotatable bonds is 6. The second kappa shape index (κ2) is 7.55. The number of methoxy groups -OCH3 is 1. The van der Waals surface area contributed by atoms with Crippen LogP contribution in [0.15, 0.2) is 41.3 Å². The lowest BCUT2D eigenvalue weighted by Crippen LogP contribution is -2.26. The van der Waals surface area contributed by atoms with E-state index in [2.05, 4.69) is 0 Å². The number of hydrogen-bond acceptors (Lipinski definition) is 5. The lowest BCUT2D eigenvalue weighted by molar-refractivity contribution is 0.171. The second-order valence-electron chi connectivity index (χ2n) is 6.07. The molecule has 26 heavy (non-hydrogen) atoms. The summed E-state index contributed by atoms with van der Waals surface area (Å²) in [5.41, 5.74) is 1.70. The first-order valence-electron chi connectivity index (χ1n) is 8.47. The summed E-state index contributed by atoms with van der Waals surface area (Å²) in [7, 11) is -0.459. The minimum Gasteiger partial charge on any atom is -0.496 e. The van der Waals surface area contributed by atoms with Gasteiger partial charge in [0.2, 0.25) is 10.0 Å². The molecule has 0 unspecified atom stereocenters. The molecular weight excluding hydrogens is 354 g/mol. The summed E-state index contributed by atoms with van der Waals surface area (Å²) in [6, 6.07) is 10.4. The normalized spacial score (nSPS) is 13.7. The van der Waals surface area contributed by atoms with Crippen LogP contribution in [0.5, 0.6) is 17.2 Å². The van der Waals surface area contributed by atoms with Gasteiger partial charge in [-0.1, -0.05) is 13.0 Å². The van der Waals surface area contributed by atoms with Crippen molar-refractivity contribution in [1.82, 2.24) is 4.31 Å². The number of sulfonamides is 1. The first-order chi connectivity index (χ1) is 12.5. The van der Waals surface area contributed by atoms with Crippen molar-refractivity contribution < 1.29 is 22.6 Å². The Balaban J connectivity index is 1.83. The quantitative estimate of drug-likeness (QED) is 0.775. The van der Waals surface area contributed by atoms with Crippen LogP contribution < -0.4 is 14.2 Å². The zero-order valence-electron chi connectivity index (χ0n) is 15.2. The molecule has 1 aliphatic heterocycles. The van der Waals surface area contributed by atoms with E-state index in [0.29, 0.717) is 36.9 Å². The van der Waals surface area contributed by atoms with Gasteiger partial charge in [-0.3, -0.25) is 0 Å². The molecular formula is C19H23NO5S. The van der Waals surface area contributed by atoms with Gasteiger partial charge in [0.05, 0.1) is 12.0 Å². The summed E-state index contributed by atoms with van der Waals surface area (Å²) in [6.45, 7) is 3.23. The van der Waals surface area contributed by atoms with Crippen molar-refractivity contribution in [2.45, 2.75) is 24.8 Å². The maximum atomic E-state index is 12.9. The predicted octanol–water partition coefficient (Wildman–Crippen LogP) is 2.85. The Kier molecular flexibility index (Phi) is 5.38. The van der Waals surface area contributed by atoms with Gasteiger partial charge in [0.1, 0.15) is 19.0 Å². The number of fused-ring (bicyclic) bond motifs is 1. The van der Waals surface area contributed by atoms with E-state index < -0.39 is 10.0 Å². The SMILES string of the molecule is CCc1cc(S(=O)(=O)N(C)Cc2ccc3c(c2)OCCO3)ccc1OC. The minimum absolute atomic E-state index is 0.243. The van der Waals surface area contributed by atoms with Crippen LogP contribution in [0.1, 0.15) is 18.1 Å². The van der Waals surface area contributed by atoms with Crippen LogP contribution >= 0.6 is 0 Å². The number of benzene rings is 2. The monoisotopic (exact) mass is 377 g/mol. The molecule has 1 heterocycles. The molecule has 0 aliphatic carbocycles. The third kappa shape index (κ3) is 3.64. The van der Waals surface area contributed by atoms with Crippen LogP contribution in [0.4, 0.5) is 0 Å². The number of hydrogen-bond donors (Lipinski definition) is 0. The van der Waals surface area contributed by atoms with Crippen LogP contribution in [0.2, 0.25) is 0 Å².